The molecule has 0 unspecified atom stereocenters. The van der Waals surface area contributed by atoms with E-state index >= 15 is 0 Å². The number of hydrogen-bond acceptors (Lipinski definition) is 3. The summed E-state index contributed by atoms with van der Waals surface area (Å²) in [4.78, 5) is 20.9. The average Bonchev–Trinajstić information content (AvgIpc) is 2.10. The van der Waals surface area contributed by atoms with E-state index in [2.05, 4.69) is 10.5 Å². The Bertz CT molecular complexity index is 244. The number of hydrogen-bond donors (Lipinski definition) is 1. The molecule has 0 aliphatic heterocycles. The zero-order valence-electron chi connectivity index (χ0n) is 8.23. The Morgan fingerprint density at radius 1 is 1.29 bits per heavy atom. The van der Waals surface area contributed by atoms with Crippen LogP contribution in [0, 0.1) is 0 Å². The number of ether oxygens (including phenoxy) is 1. The number of rotatable bonds is 5. The van der Waals surface area contributed by atoms with Gasteiger partial charge >= 0.3 is 12.1 Å². The second-order valence-electron chi connectivity index (χ2n) is 2.61. The molecule has 0 aromatic carbocycles. The van der Waals surface area contributed by atoms with Crippen molar-refractivity contribution in [1.82, 2.24) is 0 Å². The van der Waals surface area contributed by atoms with Crippen molar-refractivity contribution in [2.45, 2.75) is 26.2 Å². The highest BCUT2D eigenvalue weighted by atomic mass is 16.6. The first kappa shape index (κ1) is 12.4. The summed E-state index contributed by atoms with van der Waals surface area (Å²) in [7, 11) is 0. The number of carbonyl (C=O) groups excluding carboxylic acids is 2. The average molecular weight is 197 g/mol. The van der Waals surface area contributed by atoms with Gasteiger partial charge in [0.1, 0.15) is 0 Å². The van der Waals surface area contributed by atoms with Gasteiger partial charge < -0.3 is 10.5 Å². The van der Waals surface area contributed by atoms with E-state index in [0.29, 0.717) is 6.42 Å². The van der Waals surface area contributed by atoms with Crippen LogP contribution in [0.2, 0.25) is 0 Å². The van der Waals surface area contributed by atoms with E-state index in [-0.39, 0.29) is 6.42 Å². The summed E-state index contributed by atoms with van der Waals surface area (Å²) in [5, 5.41) is 0. The van der Waals surface area contributed by atoms with E-state index in [4.69, 9.17) is 0 Å². The standard InChI is InChI=1S/C10H15NO3/c1-2-3-4-5-6-7-8-9(12)14-10(11)13/h2-3,5-6H,4,7-8H2,1H3,(H2,11,13)/b3-2+,6-5+. The lowest BCUT2D eigenvalue weighted by Crippen LogP contribution is -2.17. The molecule has 0 fully saturated rings. The van der Waals surface area contributed by atoms with E-state index in [0.717, 1.165) is 6.42 Å². The highest BCUT2D eigenvalue weighted by molar-refractivity contribution is 5.83. The fourth-order valence-corrected chi connectivity index (χ4v) is 0.793. The summed E-state index contributed by atoms with van der Waals surface area (Å²) in [6.07, 6.45) is 8.29. The molecule has 0 aromatic rings. The smallest absolute Gasteiger partial charge is 0.376 e. The van der Waals surface area contributed by atoms with Crippen LogP contribution in [0.15, 0.2) is 24.3 Å². The van der Waals surface area contributed by atoms with Gasteiger partial charge in [0.2, 0.25) is 0 Å². The van der Waals surface area contributed by atoms with Gasteiger partial charge in [0, 0.05) is 6.42 Å². The highest BCUT2D eigenvalue weighted by Gasteiger charge is 2.03. The van der Waals surface area contributed by atoms with Gasteiger partial charge in [-0.15, -0.1) is 0 Å². The monoisotopic (exact) mass is 197 g/mol. The van der Waals surface area contributed by atoms with E-state index in [9.17, 15) is 9.59 Å². The van der Waals surface area contributed by atoms with E-state index in [1.165, 1.54) is 0 Å². The van der Waals surface area contributed by atoms with Gasteiger partial charge in [-0.1, -0.05) is 24.3 Å². The van der Waals surface area contributed by atoms with Crippen LogP contribution in [0.3, 0.4) is 0 Å². The normalized spacial score (nSPS) is 10.9. The van der Waals surface area contributed by atoms with Crippen LogP contribution in [0.1, 0.15) is 26.2 Å². The van der Waals surface area contributed by atoms with Crippen LogP contribution >= 0.6 is 0 Å². The maximum absolute atomic E-state index is 10.8. The summed E-state index contributed by atoms with van der Waals surface area (Å²) in [6.45, 7) is 1.94. The van der Waals surface area contributed by atoms with Crippen LogP contribution in [-0.4, -0.2) is 12.1 Å². The third kappa shape index (κ3) is 8.52. The lowest BCUT2D eigenvalue weighted by molar-refractivity contribution is -0.136. The number of carbonyl (C=O) groups is 2. The van der Waals surface area contributed by atoms with E-state index in [1.54, 1.807) is 0 Å². The molecule has 0 bridgehead atoms. The van der Waals surface area contributed by atoms with Crippen LogP contribution in [0.5, 0.6) is 0 Å². The van der Waals surface area contributed by atoms with Gasteiger partial charge in [0.05, 0.1) is 0 Å². The molecule has 2 N–H and O–H groups in total. The zero-order chi connectivity index (χ0) is 10.8. The van der Waals surface area contributed by atoms with Crippen LogP contribution < -0.4 is 5.73 Å². The van der Waals surface area contributed by atoms with Crippen molar-refractivity contribution in [3.05, 3.63) is 24.3 Å². The lowest BCUT2D eigenvalue weighted by Gasteiger charge is -1.95. The summed E-state index contributed by atoms with van der Waals surface area (Å²) in [5.74, 6) is -0.590. The van der Waals surface area contributed by atoms with E-state index in [1.807, 2.05) is 31.2 Å². The zero-order valence-corrected chi connectivity index (χ0v) is 8.23. The molecular weight excluding hydrogens is 182 g/mol. The van der Waals surface area contributed by atoms with Crippen molar-refractivity contribution in [1.29, 1.82) is 0 Å². The Balaban J connectivity index is 3.48. The third-order valence-corrected chi connectivity index (χ3v) is 1.40. The number of allylic oxidation sites excluding steroid dienone is 4. The van der Waals surface area contributed by atoms with Gasteiger partial charge in [-0.05, 0) is 19.8 Å². The maximum Gasteiger partial charge on any atom is 0.412 e. The molecule has 0 saturated heterocycles. The highest BCUT2D eigenvalue weighted by Crippen LogP contribution is 1.96. The van der Waals surface area contributed by atoms with Crippen molar-refractivity contribution in [3.63, 3.8) is 0 Å². The Hall–Kier alpha value is -1.58. The molecule has 0 aromatic heterocycles. The molecule has 0 heterocycles. The Morgan fingerprint density at radius 3 is 2.57 bits per heavy atom. The fourth-order valence-electron chi connectivity index (χ4n) is 0.793. The minimum absolute atomic E-state index is 0.176. The first-order valence-corrected chi connectivity index (χ1v) is 4.43. The Morgan fingerprint density at radius 2 is 2.00 bits per heavy atom. The second-order valence-corrected chi connectivity index (χ2v) is 2.61. The molecule has 4 nitrogen and oxygen atoms in total. The fraction of sp³-hybridized carbons (Fsp3) is 0.400. The van der Waals surface area contributed by atoms with E-state index < -0.39 is 12.1 Å². The molecular formula is C10H15NO3. The number of esters is 1. The van der Waals surface area contributed by atoms with Gasteiger partial charge in [-0.3, -0.25) is 4.79 Å². The molecule has 0 saturated carbocycles. The Kier molecular flexibility index (Phi) is 7.13. The number of amides is 1. The minimum atomic E-state index is -1.05. The lowest BCUT2D eigenvalue weighted by atomic mass is 10.2. The molecule has 0 aliphatic rings. The van der Waals surface area contributed by atoms with Crippen molar-refractivity contribution in [3.8, 4) is 0 Å². The molecule has 0 radical (unpaired) electrons. The number of primary amides is 1. The molecule has 0 rings (SSSR count). The molecule has 1 amide bonds. The molecule has 4 heteroatoms. The van der Waals surface area contributed by atoms with Gasteiger partial charge in [-0.2, -0.15) is 0 Å². The third-order valence-electron chi connectivity index (χ3n) is 1.40. The first-order chi connectivity index (χ1) is 6.66. The summed E-state index contributed by atoms with van der Waals surface area (Å²) < 4.78 is 4.13. The second kappa shape index (κ2) is 8.04. The van der Waals surface area contributed by atoms with Crippen molar-refractivity contribution in [2.75, 3.05) is 0 Å². The first-order valence-electron chi connectivity index (χ1n) is 4.43. The minimum Gasteiger partial charge on any atom is -0.376 e. The van der Waals surface area contributed by atoms with Crippen molar-refractivity contribution >= 4 is 12.1 Å². The van der Waals surface area contributed by atoms with Gasteiger partial charge in [0.15, 0.2) is 0 Å². The molecule has 0 spiro atoms. The quantitative estimate of drug-likeness (QED) is 0.416. The summed E-state index contributed by atoms with van der Waals surface area (Å²) in [5.41, 5.74) is 4.65. The molecule has 0 atom stereocenters. The molecule has 14 heavy (non-hydrogen) atoms. The van der Waals surface area contributed by atoms with Crippen LogP contribution in [0.4, 0.5) is 4.79 Å². The van der Waals surface area contributed by atoms with Crippen molar-refractivity contribution < 1.29 is 14.3 Å². The SMILES string of the molecule is C/C=C/C/C=C/CCC(=O)OC(N)=O. The molecule has 0 aliphatic carbocycles. The van der Waals surface area contributed by atoms with Crippen molar-refractivity contribution in [2.24, 2.45) is 5.73 Å². The predicted octanol–water partition coefficient (Wildman–Crippen LogP) is 1.91. The topological polar surface area (TPSA) is 69.4 Å². The Labute approximate surface area is 83.4 Å². The van der Waals surface area contributed by atoms with Gasteiger partial charge in [-0.25, -0.2) is 4.79 Å². The molecule has 78 valence electrons. The number of nitrogens with two attached hydrogens (primary N) is 1. The van der Waals surface area contributed by atoms with Crippen LogP contribution in [-0.2, 0) is 9.53 Å². The van der Waals surface area contributed by atoms with Crippen LogP contribution in [0.25, 0.3) is 0 Å². The summed E-state index contributed by atoms with van der Waals surface area (Å²) in [6, 6.07) is 0. The van der Waals surface area contributed by atoms with Gasteiger partial charge in [0.25, 0.3) is 0 Å². The predicted molar refractivity (Wildman–Crippen MR) is 53.5 cm³/mol. The largest absolute Gasteiger partial charge is 0.412 e. The maximum atomic E-state index is 10.8. The summed E-state index contributed by atoms with van der Waals surface area (Å²) >= 11 is 0.